The molecule has 102 valence electrons. The third kappa shape index (κ3) is 2.56. The molecule has 2 aliphatic rings. The highest BCUT2D eigenvalue weighted by molar-refractivity contribution is 9.09. The predicted octanol–water partition coefficient (Wildman–Crippen LogP) is 2.74. The van der Waals surface area contributed by atoms with Crippen LogP contribution in [0, 0.1) is 5.92 Å². The number of nitrogens with zero attached hydrogens (tertiary/aromatic N) is 1. The number of fused-ring (bicyclic) bond motifs is 1. The van der Waals surface area contributed by atoms with Crippen molar-refractivity contribution in [3.05, 3.63) is 0 Å². The zero-order chi connectivity index (χ0) is 13.1. The van der Waals surface area contributed by atoms with Crippen molar-refractivity contribution < 1.29 is 14.3 Å². The second-order valence-corrected chi connectivity index (χ2v) is 5.63. The minimum absolute atomic E-state index is 0.0949. The van der Waals surface area contributed by atoms with E-state index in [0.29, 0.717) is 17.9 Å². The van der Waals surface area contributed by atoms with Gasteiger partial charge in [-0.2, -0.15) is 0 Å². The zero-order valence-electron chi connectivity index (χ0n) is 10.7. The van der Waals surface area contributed by atoms with Crippen molar-refractivity contribution in [1.29, 1.82) is 0 Å². The monoisotopic (exact) mass is 317 g/mol. The number of carbonyl (C=O) groups is 2. The normalized spacial score (nSPS) is 31.0. The van der Waals surface area contributed by atoms with Crippen molar-refractivity contribution in [1.82, 2.24) is 4.90 Å². The van der Waals surface area contributed by atoms with E-state index in [2.05, 4.69) is 15.9 Å². The van der Waals surface area contributed by atoms with Crippen molar-refractivity contribution in [3.8, 4) is 0 Å². The van der Waals surface area contributed by atoms with Gasteiger partial charge in [-0.05, 0) is 32.1 Å². The number of amides is 1. The van der Waals surface area contributed by atoms with Crippen LogP contribution in [-0.2, 0) is 9.53 Å². The van der Waals surface area contributed by atoms with Crippen LogP contribution in [0.15, 0.2) is 0 Å². The maximum absolute atomic E-state index is 12.1. The highest BCUT2D eigenvalue weighted by atomic mass is 79.9. The van der Waals surface area contributed by atoms with Crippen LogP contribution in [0.5, 0.6) is 0 Å². The minimum Gasteiger partial charge on any atom is -0.450 e. The molecule has 0 radical (unpaired) electrons. The molecule has 1 heterocycles. The number of halogens is 1. The van der Waals surface area contributed by atoms with Gasteiger partial charge in [0.2, 0.25) is 0 Å². The first-order valence-corrected chi connectivity index (χ1v) is 7.85. The molecule has 18 heavy (non-hydrogen) atoms. The number of rotatable bonds is 3. The van der Waals surface area contributed by atoms with Crippen LogP contribution in [0.25, 0.3) is 0 Å². The molecule has 1 aliphatic heterocycles. The van der Waals surface area contributed by atoms with Gasteiger partial charge in [0.15, 0.2) is 5.78 Å². The van der Waals surface area contributed by atoms with E-state index in [-0.39, 0.29) is 24.0 Å². The Hall–Kier alpha value is -0.580. The number of ether oxygens (including phenoxy) is 1. The van der Waals surface area contributed by atoms with Crippen molar-refractivity contribution >= 4 is 27.8 Å². The van der Waals surface area contributed by atoms with Gasteiger partial charge in [0, 0.05) is 6.04 Å². The summed E-state index contributed by atoms with van der Waals surface area (Å²) in [6.07, 6.45) is 5.00. The Morgan fingerprint density at radius 1 is 1.33 bits per heavy atom. The first kappa shape index (κ1) is 13.8. The second kappa shape index (κ2) is 6.04. The summed E-state index contributed by atoms with van der Waals surface area (Å²) in [5.41, 5.74) is 0. The highest BCUT2D eigenvalue weighted by Gasteiger charge is 2.47. The number of likely N-dealkylation sites (tertiary alicyclic amines) is 1. The van der Waals surface area contributed by atoms with Gasteiger partial charge in [0.25, 0.3) is 0 Å². The average molecular weight is 318 g/mol. The van der Waals surface area contributed by atoms with E-state index in [4.69, 9.17) is 4.74 Å². The molecule has 0 bridgehead atoms. The van der Waals surface area contributed by atoms with Gasteiger partial charge in [-0.15, -0.1) is 0 Å². The summed E-state index contributed by atoms with van der Waals surface area (Å²) in [5, 5.41) is 0.313. The highest BCUT2D eigenvalue weighted by Crippen LogP contribution is 2.40. The lowest BCUT2D eigenvalue weighted by Crippen LogP contribution is -2.46. The molecule has 0 aromatic carbocycles. The van der Waals surface area contributed by atoms with Gasteiger partial charge < -0.3 is 4.74 Å². The number of ketones is 1. The Kier molecular flexibility index (Phi) is 4.65. The van der Waals surface area contributed by atoms with Crippen LogP contribution >= 0.6 is 15.9 Å². The largest absolute Gasteiger partial charge is 0.450 e. The van der Waals surface area contributed by atoms with Gasteiger partial charge in [-0.1, -0.05) is 28.8 Å². The Balaban J connectivity index is 2.17. The van der Waals surface area contributed by atoms with Crippen LogP contribution in [0.1, 0.15) is 39.0 Å². The smallest absolute Gasteiger partial charge is 0.410 e. The molecule has 1 amide bonds. The van der Waals surface area contributed by atoms with Crippen molar-refractivity contribution in [2.75, 3.05) is 11.9 Å². The lowest BCUT2D eigenvalue weighted by Gasteiger charge is -2.32. The van der Waals surface area contributed by atoms with E-state index in [9.17, 15) is 9.59 Å². The Morgan fingerprint density at radius 2 is 2.06 bits per heavy atom. The molecule has 2 rings (SSSR count). The summed E-state index contributed by atoms with van der Waals surface area (Å²) < 4.78 is 5.12. The number of hydrogen-bond donors (Lipinski definition) is 0. The zero-order valence-corrected chi connectivity index (χ0v) is 12.3. The molecule has 1 saturated carbocycles. The van der Waals surface area contributed by atoms with Crippen molar-refractivity contribution in [2.45, 2.75) is 51.1 Å². The molecular formula is C13H20BrNO3. The van der Waals surface area contributed by atoms with Crippen LogP contribution < -0.4 is 0 Å². The maximum Gasteiger partial charge on any atom is 0.410 e. The molecule has 2 fully saturated rings. The van der Waals surface area contributed by atoms with Crippen LogP contribution in [-0.4, -0.2) is 40.8 Å². The quantitative estimate of drug-likeness (QED) is 0.752. The third-order valence-electron chi connectivity index (χ3n) is 4.07. The maximum atomic E-state index is 12.1. The summed E-state index contributed by atoms with van der Waals surface area (Å²) in [6.45, 7) is 2.16. The number of hydrogen-bond acceptors (Lipinski definition) is 3. The molecule has 0 aromatic rings. The molecule has 4 nitrogen and oxygen atoms in total. The molecule has 0 N–H and O–H groups in total. The fraction of sp³-hybridized carbons (Fsp3) is 0.846. The number of carbonyl (C=O) groups excluding carboxylic acids is 2. The van der Waals surface area contributed by atoms with E-state index in [1.165, 1.54) is 6.42 Å². The Bertz CT molecular complexity index is 334. The molecule has 0 aromatic heterocycles. The van der Waals surface area contributed by atoms with E-state index in [0.717, 1.165) is 25.7 Å². The topological polar surface area (TPSA) is 46.6 Å². The third-order valence-corrected chi connectivity index (χ3v) is 4.62. The summed E-state index contributed by atoms with van der Waals surface area (Å²) in [4.78, 5) is 25.8. The summed E-state index contributed by atoms with van der Waals surface area (Å²) in [7, 11) is 0. The Labute approximate surface area is 116 Å². The molecule has 1 aliphatic carbocycles. The van der Waals surface area contributed by atoms with Gasteiger partial charge in [0.1, 0.15) is 0 Å². The molecular weight excluding hydrogens is 298 g/mol. The van der Waals surface area contributed by atoms with Crippen LogP contribution in [0.2, 0.25) is 0 Å². The van der Waals surface area contributed by atoms with Gasteiger partial charge in [0.05, 0.1) is 18.0 Å². The van der Waals surface area contributed by atoms with Gasteiger partial charge in [-0.25, -0.2) is 4.79 Å². The molecule has 1 saturated heterocycles. The van der Waals surface area contributed by atoms with E-state index >= 15 is 0 Å². The summed E-state index contributed by atoms with van der Waals surface area (Å²) in [5.74, 6) is 0.577. The van der Waals surface area contributed by atoms with Gasteiger partial charge in [-0.3, -0.25) is 9.69 Å². The van der Waals surface area contributed by atoms with Crippen molar-refractivity contribution in [3.63, 3.8) is 0 Å². The van der Waals surface area contributed by atoms with Crippen LogP contribution in [0.3, 0.4) is 0 Å². The average Bonchev–Trinajstić information content (AvgIpc) is 2.77. The molecule has 5 heteroatoms. The van der Waals surface area contributed by atoms with Gasteiger partial charge >= 0.3 is 6.09 Å². The summed E-state index contributed by atoms with van der Waals surface area (Å²) >= 11 is 3.21. The number of Topliss-reactive ketones (excluding diaryl/α,β-unsaturated/α-hetero) is 1. The molecule has 3 unspecified atom stereocenters. The number of alkyl halides is 1. The lowest BCUT2D eigenvalue weighted by atomic mass is 9.84. The van der Waals surface area contributed by atoms with Crippen molar-refractivity contribution in [2.24, 2.45) is 5.92 Å². The first-order valence-electron chi connectivity index (χ1n) is 6.72. The summed E-state index contributed by atoms with van der Waals surface area (Å²) in [6, 6.07) is -0.0673. The minimum atomic E-state index is -0.314. The van der Waals surface area contributed by atoms with E-state index in [1.54, 1.807) is 11.8 Å². The first-order chi connectivity index (χ1) is 8.69. The van der Waals surface area contributed by atoms with E-state index in [1.807, 2.05) is 0 Å². The Morgan fingerprint density at radius 3 is 2.72 bits per heavy atom. The van der Waals surface area contributed by atoms with E-state index < -0.39 is 0 Å². The predicted molar refractivity (Wildman–Crippen MR) is 71.8 cm³/mol. The standard InChI is InChI=1S/C13H20BrNO3/c1-2-18-13(17)15-10-6-4-3-5-9(10)7-11(15)12(16)8-14/h9-11H,2-8H2,1H3. The van der Waals surface area contributed by atoms with Crippen LogP contribution in [0.4, 0.5) is 4.79 Å². The lowest BCUT2D eigenvalue weighted by molar-refractivity contribution is -0.120. The second-order valence-electron chi connectivity index (χ2n) is 5.07. The fourth-order valence-corrected chi connectivity index (χ4v) is 3.67. The molecule has 0 spiro atoms. The fourth-order valence-electron chi connectivity index (χ4n) is 3.30. The molecule has 3 atom stereocenters. The SMILES string of the molecule is CCOC(=O)N1C(C(=O)CBr)CC2CCCCC21.